The maximum Gasteiger partial charge on any atom is 0.254 e. The molecule has 80 valence electrons. The summed E-state index contributed by atoms with van der Waals surface area (Å²) in [6.07, 6.45) is 2.20. The second-order valence-corrected chi connectivity index (χ2v) is 3.92. The Bertz CT molecular complexity index is 363. The Morgan fingerprint density at radius 3 is 2.67 bits per heavy atom. The standard InChI is InChI=1S/C11H15N3O/c1-8-6-9(7-10(12)13-8)11(15)14-4-2-3-5-14/h6-7H,2-5H2,1H3,(H2,12,13). The first-order valence-corrected chi connectivity index (χ1v) is 5.20. The Kier molecular flexibility index (Phi) is 2.58. The summed E-state index contributed by atoms with van der Waals surface area (Å²) in [5.41, 5.74) is 7.06. The molecule has 1 aromatic rings. The van der Waals surface area contributed by atoms with Crippen LogP contribution in [0.25, 0.3) is 0 Å². The topological polar surface area (TPSA) is 59.2 Å². The maximum absolute atomic E-state index is 12.0. The number of aromatic nitrogens is 1. The number of hydrogen-bond acceptors (Lipinski definition) is 3. The van der Waals surface area contributed by atoms with Gasteiger partial charge in [0.2, 0.25) is 0 Å². The molecule has 1 fully saturated rings. The summed E-state index contributed by atoms with van der Waals surface area (Å²) in [4.78, 5) is 17.9. The molecule has 1 aromatic heterocycles. The molecule has 0 atom stereocenters. The van der Waals surface area contributed by atoms with Gasteiger partial charge in [0.05, 0.1) is 0 Å². The van der Waals surface area contributed by atoms with Crippen LogP contribution in [0.15, 0.2) is 12.1 Å². The third-order valence-corrected chi connectivity index (χ3v) is 2.61. The van der Waals surface area contributed by atoms with Gasteiger partial charge >= 0.3 is 0 Å². The summed E-state index contributed by atoms with van der Waals surface area (Å²) in [7, 11) is 0. The Morgan fingerprint density at radius 1 is 1.40 bits per heavy atom. The molecule has 15 heavy (non-hydrogen) atoms. The summed E-state index contributed by atoms with van der Waals surface area (Å²) in [6, 6.07) is 3.44. The molecule has 1 aliphatic heterocycles. The number of likely N-dealkylation sites (tertiary alicyclic amines) is 1. The van der Waals surface area contributed by atoms with Crippen molar-refractivity contribution in [3.63, 3.8) is 0 Å². The largest absolute Gasteiger partial charge is 0.384 e. The van der Waals surface area contributed by atoms with Crippen LogP contribution in [0.3, 0.4) is 0 Å². The fourth-order valence-corrected chi connectivity index (χ4v) is 1.92. The monoisotopic (exact) mass is 205 g/mol. The fourth-order valence-electron chi connectivity index (χ4n) is 1.92. The van der Waals surface area contributed by atoms with Crippen LogP contribution in [0.4, 0.5) is 5.82 Å². The predicted octanol–water partition coefficient (Wildman–Crippen LogP) is 1.21. The van der Waals surface area contributed by atoms with Gasteiger partial charge in [0.1, 0.15) is 5.82 Å². The van der Waals surface area contributed by atoms with Crippen molar-refractivity contribution in [1.29, 1.82) is 0 Å². The van der Waals surface area contributed by atoms with Crippen molar-refractivity contribution in [2.75, 3.05) is 18.8 Å². The first-order chi connectivity index (χ1) is 7.16. The van der Waals surface area contributed by atoms with Gasteiger partial charge < -0.3 is 10.6 Å². The molecular weight excluding hydrogens is 190 g/mol. The van der Waals surface area contributed by atoms with Gasteiger partial charge in [-0.3, -0.25) is 4.79 Å². The number of nitrogen functional groups attached to an aromatic ring is 1. The van der Waals surface area contributed by atoms with E-state index in [0.717, 1.165) is 31.6 Å². The first-order valence-electron chi connectivity index (χ1n) is 5.20. The van der Waals surface area contributed by atoms with Gasteiger partial charge in [-0.05, 0) is 31.9 Å². The van der Waals surface area contributed by atoms with E-state index in [9.17, 15) is 4.79 Å². The number of amides is 1. The zero-order valence-electron chi connectivity index (χ0n) is 8.86. The quantitative estimate of drug-likeness (QED) is 0.749. The lowest BCUT2D eigenvalue weighted by atomic mass is 10.2. The second-order valence-electron chi connectivity index (χ2n) is 3.92. The van der Waals surface area contributed by atoms with Crippen molar-refractivity contribution in [2.24, 2.45) is 0 Å². The van der Waals surface area contributed by atoms with Crippen LogP contribution in [0, 0.1) is 6.92 Å². The number of hydrogen-bond donors (Lipinski definition) is 1. The number of anilines is 1. The van der Waals surface area contributed by atoms with E-state index in [1.54, 1.807) is 12.1 Å². The van der Waals surface area contributed by atoms with Gasteiger partial charge in [0, 0.05) is 24.3 Å². The minimum Gasteiger partial charge on any atom is -0.384 e. The van der Waals surface area contributed by atoms with E-state index >= 15 is 0 Å². The van der Waals surface area contributed by atoms with Crippen molar-refractivity contribution in [2.45, 2.75) is 19.8 Å². The Labute approximate surface area is 89.1 Å². The van der Waals surface area contributed by atoms with Gasteiger partial charge in [-0.1, -0.05) is 0 Å². The lowest BCUT2D eigenvalue weighted by Crippen LogP contribution is -2.27. The van der Waals surface area contributed by atoms with Crippen LogP contribution in [0.5, 0.6) is 0 Å². The molecule has 1 amide bonds. The van der Waals surface area contributed by atoms with Crippen LogP contribution < -0.4 is 5.73 Å². The molecule has 1 saturated heterocycles. The van der Waals surface area contributed by atoms with Gasteiger partial charge in [-0.25, -0.2) is 4.98 Å². The Hall–Kier alpha value is -1.58. The van der Waals surface area contributed by atoms with Crippen molar-refractivity contribution in [3.05, 3.63) is 23.4 Å². The third kappa shape index (κ3) is 2.09. The van der Waals surface area contributed by atoms with E-state index in [4.69, 9.17) is 5.73 Å². The van der Waals surface area contributed by atoms with Crippen LogP contribution in [0.2, 0.25) is 0 Å². The molecule has 4 nitrogen and oxygen atoms in total. The van der Waals surface area contributed by atoms with Crippen LogP contribution in [-0.4, -0.2) is 28.9 Å². The molecule has 1 aliphatic rings. The number of carbonyl (C=O) groups excluding carboxylic acids is 1. The first kappa shape index (κ1) is 9.96. The zero-order chi connectivity index (χ0) is 10.8. The summed E-state index contributed by atoms with van der Waals surface area (Å²) in [6.45, 7) is 3.57. The molecule has 0 aliphatic carbocycles. The van der Waals surface area contributed by atoms with Crippen molar-refractivity contribution in [1.82, 2.24) is 9.88 Å². The molecule has 0 spiro atoms. The van der Waals surface area contributed by atoms with E-state index in [0.29, 0.717) is 11.4 Å². The maximum atomic E-state index is 12.0. The minimum atomic E-state index is 0.0738. The van der Waals surface area contributed by atoms with Crippen LogP contribution in [0.1, 0.15) is 28.9 Å². The molecule has 2 N–H and O–H groups in total. The fraction of sp³-hybridized carbons (Fsp3) is 0.455. The smallest absolute Gasteiger partial charge is 0.254 e. The predicted molar refractivity (Wildman–Crippen MR) is 58.5 cm³/mol. The number of nitrogens with zero attached hydrogens (tertiary/aromatic N) is 2. The molecule has 0 radical (unpaired) electrons. The van der Waals surface area contributed by atoms with Gasteiger partial charge in [0.25, 0.3) is 5.91 Å². The van der Waals surface area contributed by atoms with Gasteiger partial charge in [-0.15, -0.1) is 0 Å². The second kappa shape index (κ2) is 3.88. The average molecular weight is 205 g/mol. The highest BCUT2D eigenvalue weighted by molar-refractivity contribution is 5.95. The zero-order valence-corrected chi connectivity index (χ0v) is 8.86. The SMILES string of the molecule is Cc1cc(C(=O)N2CCCC2)cc(N)n1. The summed E-state index contributed by atoms with van der Waals surface area (Å²) >= 11 is 0. The highest BCUT2D eigenvalue weighted by Gasteiger charge is 2.19. The molecule has 2 rings (SSSR count). The van der Waals surface area contributed by atoms with E-state index in [1.807, 2.05) is 11.8 Å². The lowest BCUT2D eigenvalue weighted by Gasteiger charge is -2.15. The Morgan fingerprint density at radius 2 is 2.07 bits per heavy atom. The molecule has 0 aromatic carbocycles. The molecular formula is C11H15N3O. The van der Waals surface area contributed by atoms with E-state index in [-0.39, 0.29) is 5.91 Å². The lowest BCUT2D eigenvalue weighted by molar-refractivity contribution is 0.0792. The number of aryl methyl sites for hydroxylation is 1. The van der Waals surface area contributed by atoms with E-state index < -0.39 is 0 Å². The van der Waals surface area contributed by atoms with Crippen molar-refractivity contribution >= 4 is 11.7 Å². The normalized spacial score (nSPS) is 15.7. The Balaban J connectivity index is 2.24. The summed E-state index contributed by atoms with van der Waals surface area (Å²) in [5.74, 6) is 0.488. The summed E-state index contributed by atoms with van der Waals surface area (Å²) in [5, 5.41) is 0. The number of carbonyl (C=O) groups is 1. The van der Waals surface area contributed by atoms with E-state index in [2.05, 4.69) is 4.98 Å². The van der Waals surface area contributed by atoms with Crippen LogP contribution >= 0.6 is 0 Å². The van der Waals surface area contributed by atoms with Crippen LogP contribution in [-0.2, 0) is 0 Å². The van der Waals surface area contributed by atoms with E-state index in [1.165, 1.54) is 0 Å². The number of pyridine rings is 1. The molecule has 0 bridgehead atoms. The number of nitrogens with two attached hydrogens (primary N) is 1. The van der Waals surface area contributed by atoms with Gasteiger partial charge in [-0.2, -0.15) is 0 Å². The average Bonchev–Trinajstić information content (AvgIpc) is 2.67. The van der Waals surface area contributed by atoms with Crippen molar-refractivity contribution < 1.29 is 4.79 Å². The molecule has 0 saturated carbocycles. The van der Waals surface area contributed by atoms with Crippen molar-refractivity contribution in [3.8, 4) is 0 Å². The molecule has 2 heterocycles. The molecule has 4 heteroatoms. The highest BCUT2D eigenvalue weighted by Crippen LogP contribution is 2.14. The van der Waals surface area contributed by atoms with Gasteiger partial charge in [0.15, 0.2) is 0 Å². The third-order valence-electron chi connectivity index (χ3n) is 2.61. The minimum absolute atomic E-state index is 0.0738. The highest BCUT2D eigenvalue weighted by atomic mass is 16.2. The number of rotatable bonds is 1. The summed E-state index contributed by atoms with van der Waals surface area (Å²) < 4.78 is 0. The molecule has 0 unspecified atom stereocenters.